The summed E-state index contributed by atoms with van der Waals surface area (Å²) < 4.78 is 5.02. The second kappa shape index (κ2) is 5.09. The van der Waals surface area contributed by atoms with Crippen LogP contribution < -0.4 is 0 Å². The van der Waals surface area contributed by atoms with Crippen LogP contribution in [0.1, 0.15) is 16.1 Å². The van der Waals surface area contributed by atoms with Crippen LogP contribution in [0.4, 0.5) is 5.69 Å². The first-order chi connectivity index (χ1) is 8.68. The first kappa shape index (κ1) is 11.8. The maximum atomic E-state index is 11.8. The van der Waals surface area contributed by atoms with E-state index >= 15 is 0 Å². The number of rotatable bonds is 4. The Kier molecular flexibility index (Phi) is 3.33. The molecule has 90 valence electrons. The summed E-state index contributed by atoms with van der Waals surface area (Å²) in [5.74, 6) is 0.0839. The van der Waals surface area contributed by atoms with Crippen molar-refractivity contribution in [1.82, 2.24) is 0 Å². The number of nitrogens with zero attached hydrogens (tertiary/aromatic N) is 1. The minimum absolute atomic E-state index is 0.0605. The molecule has 0 bridgehead atoms. The molecule has 0 N–H and O–H groups in total. The van der Waals surface area contributed by atoms with Crippen molar-refractivity contribution < 1.29 is 14.1 Å². The van der Waals surface area contributed by atoms with E-state index in [9.17, 15) is 14.9 Å². The molecule has 2 aromatic rings. The number of carbonyl (C=O) groups is 1. The number of nitro groups is 1. The first-order valence-corrected chi connectivity index (χ1v) is 5.18. The van der Waals surface area contributed by atoms with Crippen LogP contribution in [0, 0.1) is 10.1 Å². The second-order valence-corrected chi connectivity index (χ2v) is 3.49. The molecule has 0 unspecified atom stereocenters. The van der Waals surface area contributed by atoms with Gasteiger partial charge in [0.15, 0.2) is 5.78 Å². The highest BCUT2D eigenvalue weighted by molar-refractivity contribution is 6.09. The molecule has 1 heterocycles. The van der Waals surface area contributed by atoms with Crippen LogP contribution in [0.15, 0.2) is 53.2 Å². The molecular weight excluding hydrogens is 234 g/mol. The van der Waals surface area contributed by atoms with E-state index in [4.69, 9.17) is 4.42 Å². The standard InChI is InChI=1S/C13H9NO4/c15-13(8-7-10-4-3-9-18-10)11-5-1-2-6-12(11)14(16)17/h1-9H/b8-7+. The fourth-order valence-electron chi connectivity index (χ4n) is 1.47. The molecule has 0 aliphatic carbocycles. The molecule has 1 aromatic heterocycles. The van der Waals surface area contributed by atoms with Crippen LogP contribution in [0.5, 0.6) is 0 Å². The van der Waals surface area contributed by atoms with Crippen LogP contribution in [0.2, 0.25) is 0 Å². The minimum Gasteiger partial charge on any atom is -0.465 e. The number of hydrogen-bond donors (Lipinski definition) is 0. The van der Waals surface area contributed by atoms with Crippen molar-refractivity contribution in [2.45, 2.75) is 0 Å². The van der Waals surface area contributed by atoms with Gasteiger partial charge in [-0.15, -0.1) is 0 Å². The molecule has 5 nitrogen and oxygen atoms in total. The van der Waals surface area contributed by atoms with Crippen LogP contribution in [0.25, 0.3) is 6.08 Å². The summed E-state index contributed by atoms with van der Waals surface area (Å²) in [7, 11) is 0. The van der Waals surface area contributed by atoms with Gasteiger partial charge in [-0.05, 0) is 30.4 Å². The van der Waals surface area contributed by atoms with E-state index in [-0.39, 0.29) is 11.3 Å². The lowest BCUT2D eigenvalue weighted by Crippen LogP contribution is -2.00. The van der Waals surface area contributed by atoms with Crippen molar-refractivity contribution in [2.75, 3.05) is 0 Å². The predicted molar refractivity (Wildman–Crippen MR) is 65.2 cm³/mol. The van der Waals surface area contributed by atoms with Crippen molar-refractivity contribution in [3.05, 3.63) is 70.2 Å². The molecule has 18 heavy (non-hydrogen) atoms. The van der Waals surface area contributed by atoms with E-state index in [1.807, 2.05) is 0 Å². The second-order valence-electron chi connectivity index (χ2n) is 3.49. The lowest BCUT2D eigenvalue weighted by Gasteiger charge is -1.97. The largest absolute Gasteiger partial charge is 0.465 e. The summed E-state index contributed by atoms with van der Waals surface area (Å²) in [6, 6.07) is 9.20. The molecule has 0 spiro atoms. The summed E-state index contributed by atoms with van der Waals surface area (Å²) in [6.45, 7) is 0. The van der Waals surface area contributed by atoms with Gasteiger partial charge in [0.1, 0.15) is 5.76 Å². The van der Waals surface area contributed by atoms with Crippen LogP contribution in [0.3, 0.4) is 0 Å². The van der Waals surface area contributed by atoms with Gasteiger partial charge < -0.3 is 4.42 Å². The van der Waals surface area contributed by atoms with Gasteiger partial charge in [0.05, 0.1) is 16.7 Å². The molecule has 0 saturated carbocycles. The third kappa shape index (κ3) is 2.52. The van der Waals surface area contributed by atoms with Crippen molar-refractivity contribution >= 4 is 17.5 Å². The van der Waals surface area contributed by atoms with E-state index in [1.165, 1.54) is 36.6 Å². The number of carbonyl (C=O) groups excluding carboxylic acids is 1. The third-order valence-electron chi connectivity index (χ3n) is 2.31. The molecule has 0 aliphatic heterocycles. The molecule has 0 amide bonds. The Labute approximate surface area is 103 Å². The van der Waals surface area contributed by atoms with Gasteiger partial charge in [-0.3, -0.25) is 14.9 Å². The van der Waals surface area contributed by atoms with Crippen LogP contribution in [-0.4, -0.2) is 10.7 Å². The van der Waals surface area contributed by atoms with E-state index in [1.54, 1.807) is 18.2 Å². The Bertz CT molecular complexity index is 599. The molecule has 0 radical (unpaired) electrons. The van der Waals surface area contributed by atoms with E-state index in [0.717, 1.165) is 0 Å². The van der Waals surface area contributed by atoms with Gasteiger partial charge in [0.25, 0.3) is 5.69 Å². The Morgan fingerprint density at radius 3 is 2.67 bits per heavy atom. The number of benzene rings is 1. The summed E-state index contributed by atoms with van der Waals surface area (Å²) in [6.07, 6.45) is 4.20. The average molecular weight is 243 g/mol. The summed E-state index contributed by atoms with van der Waals surface area (Å²) in [4.78, 5) is 22.0. The molecule has 0 saturated heterocycles. The highest BCUT2D eigenvalue weighted by Crippen LogP contribution is 2.18. The Morgan fingerprint density at radius 1 is 1.22 bits per heavy atom. The number of allylic oxidation sites excluding steroid dienone is 1. The number of furan rings is 1. The average Bonchev–Trinajstić information content (AvgIpc) is 2.89. The summed E-state index contributed by atoms with van der Waals surface area (Å²) in [5, 5.41) is 10.8. The SMILES string of the molecule is O=C(/C=C/c1ccco1)c1ccccc1[N+](=O)[O-]. The lowest BCUT2D eigenvalue weighted by molar-refractivity contribution is -0.385. The maximum absolute atomic E-state index is 11.8. The van der Waals surface area contributed by atoms with Crippen LogP contribution >= 0.6 is 0 Å². The molecule has 0 fully saturated rings. The molecule has 1 aromatic carbocycles. The summed E-state index contributed by atoms with van der Waals surface area (Å²) in [5.41, 5.74) is -0.142. The zero-order valence-corrected chi connectivity index (χ0v) is 9.28. The normalized spacial score (nSPS) is 10.7. The number of nitro benzene ring substituents is 1. The van der Waals surface area contributed by atoms with Crippen molar-refractivity contribution in [1.29, 1.82) is 0 Å². The Morgan fingerprint density at radius 2 is 2.00 bits per heavy atom. The van der Waals surface area contributed by atoms with Crippen molar-refractivity contribution in [2.24, 2.45) is 0 Å². The van der Waals surface area contributed by atoms with Crippen molar-refractivity contribution in [3.63, 3.8) is 0 Å². The molecule has 2 rings (SSSR count). The lowest BCUT2D eigenvalue weighted by atomic mass is 10.1. The highest BCUT2D eigenvalue weighted by atomic mass is 16.6. The smallest absolute Gasteiger partial charge is 0.280 e. The van der Waals surface area contributed by atoms with Gasteiger partial charge in [0.2, 0.25) is 0 Å². The molecule has 0 aliphatic rings. The Balaban J connectivity index is 2.27. The topological polar surface area (TPSA) is 73.3 Å². The predicted octanol–water partition coefficient (Wildman–Crippen LogP) is 3.08. The molecule has 5 heteroatoms. The zero-order chi connectivity index (χ0) is 13.0. The maximum Gasteiger partial charge on any atom is 0.280 e. The molecule has 0 atom stereocenters. The highest BCUT2D eigenvalue weighted by Gasteiger charge is 2.16. The van der Waals surface area contributed by atoms with E-state index in [0.29, 0.717) is 5.76 Å². The molecular formula is C13H9NO4. The van der Waals surface area contributed by atoms with Gasteiger partial charge in [-0.2, -0.15) is 0 Å². The van der Waals surface area contributed by atoms with Gasteiger partial charge in [-0.25, -0.2) is 0 Å². The third-order valence-corrected chi connectivity index (χ3v) is 2.31. The van der Waals surface area contributed by atoms with Crippen LogP contribution in [-0.2, 0) is 0 Å². The fraction of sp³-hybridized carbons (Fsp3) is 0. The number of hydrogen-bond acceptors (Lipinski definition) is 4. The van der Waals surface area contributed by atoms with Gasteiger partial charge >= 0.3 is 0 Å². The van der Waals surface area contributed by atoms with Crippen molar-refractivity contribution in [3.8, 4) is 0 Å². The minimum atomic E-state index is -0.575. The van der Waals surface area contributed by atoms with Gasteiger partial charge in [0, 0.05) is 6.07 Å². The van der Waals surface area contributed by atoms with E-state index < -0.39 is 10.7 Å². The quantitative estimate of drug-likeness (QED) is 0.358. The fourth-order valence-corrected chi connectivity index (χ4v) is 1.47. The number of ketones is 1. The zero-order valence-electron chi connectivity index (χ0n) is 9.28. The Hall–Kier alpha value is -2.69. The van der Waals surface area contributed by atoms with Gasteiger partial charge in [-0.1, -0.05) is 12.1 Å². The van der Waals surface area contributed by atoms with E-state index in [2.05, 4.69) is 0 Å². The number of para-hydroxylation sites is 1. The monoisotopic (exact) mass is 243 g/mol. The first-order valence-electron chi connectivity index (χ1n) is 5.18. The summed E-state index contributed by atoms with van der Waals surface area (Å²) >= 11 is 0.